The van der Waals surface area contributed by atoms with E-state index in [0.717, 1.165) is 49.3 Å². The van der Waals surface area contributed by atoms with Gasteiger partial charge in [-0.25, -0.2) is 4.98 Å². The summed E-state index contributed by atoms with van der Waals surface area (Å²) in [5.74, 6) is 0.680. The minimum atomic E-state index is 0.127. The van der Waals surface area contributed by atoms with Crippen LogP contribution in [-0.2, 0) is 0 Å². The lowest BCUT2D eigenvalue weighted by molar-refractivity contribution is 0.0760. The second-order valence-electron chi connectivity index (χ2n) is 6.90. The molecule has 25 heavy (non-hydrogen) atoms. The molecule has 1 amide bonds. The maximum Gasteiger partial charge on any atom is 0.255 e. The SMILES string of the molecule is Cc1cn2cc(C(=O)N3CCC[C@@H](c4ccccc4)CC3)ccc2n1. The number of hydrogen-bond donors (Lipinski definition) is 0. The van der Waals surface area contributed by atoms with Gasteiger partial charge in [0.15, 0.2) is 0 Å². The number of likely N-dealkylation sites (tertiary alicyclic amines) is 1. The Morgan fingerprint density at radius 3 is 2.72 bits per heavy atom. The molecule has 1 fully saturated rings. The summed E-state index contributed by atoms with van der Waals surface area (Å²) in [4.78, 5) is 19.4. The maximum atomic E-state index is 12.9. The van der Waals surface area contributed by atoms with Crippen molar-refractivity contribution in [2.45, 2.75) is 32.1 Å². The minimum absolute atomic E-state index is 0.127. The predicted molar refractivity (Wildman–Crippen MR) is 98.9 cm³/mol. The van der Waals surface area contributed by atoms with Crippen molar-refractivity contribution in [3.05, 3.63) is 71.7 Å². The van der Waals surface area contributed by atoms with Crippen LogP contribution in [0.3, 0.4) is 0 Å². The molecule has 1 aliphatic rings. The van der Waals surface area contributed by atoms with Crippen LogP contribution in [0.1, 0.15) is 46.8 Å². The second kappa shape index (κ2) is 6.71. The molecule has 0 saturated carbocycles. The van der Waals surface area contributed by atoms with Crippen molar-refractivity contribution in [3.63, 3.8) is 0 Å². The Labute approximate surface area is 148 Å². The van der Waals surface area contributed by atoms with E-state index < -0.39 is 0 Å². The molecule has 1 aliphatic heterocycles. The Morgan fingerprint density at radius 2 is 1.88 bits per heavy atom. The molecule has 128 valence electrons. The third kappa shape index (κ3) is 3.29. The van der Waals surface area contributed by atoms with Crippen LogP contribution in [0.5, 0.6) is 0 Å². The average Bonchev–Trinajstić information content (AvgIpc) is 2.85. The van der Waals surface area contributed by atoms with E-state index in [1.54, 1.807) is 0 Å². The molecule has 0 radical (unpaired) electrons. The number of imidazole rings is 1. The van der Waals surface area contributed by atoms with Crippen LogP contribution in [0.2, 0.25) is 0 Å². The fourth-order valence-corrected chi connectivity index (χ4v) is 3.79. The highest BCUT2D eigenvalue weighted by atomic mass is 16.2. The molecule has 3 heterocycles. The number of nitrogens with zero attached hydrogens (tertiary/aromatic N) is 3. The molecule has 1 aromatic carbocycles. The van der Waals surface area contributed by atoms with Crippen LogP contribution in [0.4, 0.5) is 0 Å². The summed E-state index contributed by atoms with van der Waals surface area (Å²) < 4.78 is 1.94. The Kier molecular flexibility index (Phi) is 4.26. The molecule has 4 heteroatoms. The topological polar surface area (TPSA) is 37.6 Å². The lowest BCUT2D eigenvalue weighted by Crippen LogP contribution is -2.32. The van der Waals surface area contributed by atoms with Crippen LogP contribution < -0.4 is 0 Å². The first kappa shape index (κ1) is 15.9. The van der Waals surface area contributed by atoms with Gasteiger partial charge >= 0.3 is 0 Å². The van der Waals surface area contributed by atoms with Gasteiger partial charge in [-0.05, 0) is 49.8 Å². The van der Waals surface area contributed by atoms with Crippen LogP contribution >= 0.6 is 0 Å². The molecule has 4 rings (SSSR count). The van der Waals surface area contributed by atoms with Gasteiger partial charge in [0, 0.05) is 25.5 Å². The molecule has 1 atom stereocenters. The highest BCUT2D eigenvalue weighted by Gasteiger charge is 2.22. The van der Waals surface area contributed by atoms with Crippen LogP contribution in [-0.4, -0.2) is 33.3 Å². The van der Waals surface area contributed by atoms with Crippen molar-refractivity contribution in [1.82, 2.24) is 14.3 Å². The van der Waals surface area contributed by atoms with Crippen molar-refractivity contribution >= 4 is 11.6 Å². The molecule has 0 N–H and O–H groups in total. The minimum Gasteiger partial charge on any atom is -0.339 e. The summed E-state index contributed by atoms with van der Waals surface area (Å²) in [6, 6.07) is 14.5. The van der Waals surface area contributed by atoms with Gasteiger partial charge in [-0.15, -0.1) is 0 Å². The van der Waals surface area contributed by atoms with Crippen molar-refractivity contribution in [3.8, 4) is 0 Å². The number of benzene rings is 1. The molecular weight excluding hydrogens is 310 g/mol. The maximum absolute atomic E-state index is 12.9. The summed E-state index contributed by atoms with van der Waals surface area (Å²) in [6.07, 6.45) is 7.09. The molecule has 2 aromatic heterocycles. The number of hydrogen-bond acceptors (Lipinski definition) is 2. The summed E-state index contributed by atoms with van der Waals surface area (Å²) in [5, 5.41) is 0. The largest absolute Gasteiger partial charge is 0.339 e. The fraction of sp³-hybridized carbons (Fsp3) is 0.333. The zero-order valence-corrected chi connectivity index (χ0v) is 14.6. The van der Waals surface area contributed by atoms with E-state index in [2.05, 4.69) is 35.3 Å². The third-order valence-corrected chi connectivity index (χ3v) is 5.10. The standard InChI is InChI=1S/C21H23N3O/c1-16-14-24-15-19(9-10-20(24)22-16)21(25)23-12-5-8-18(11-13-23)17-6-3-2-4-7-17/h2-4,6-7,9-10,14-15,18H,5,8,11-13H2,1H3/t18-/m1/s1. The van der Waals surface area contributed by atoms with Gasteiger partial charge in [-0.3, -0.25) is 4.79 Å². The lowest BCUT2D eigenvalue weighted by Gasteiger charge is -2.21. The number of amides is 1. The van der Waals surface area contributed by atoms with E-state index in [9.17, 15) is 4.79 Å². The Bertz CT molecular complexity index is 885. The van der Waals surface area contributed by atoms with Gasteiger partial charge in [0.2, 0.25) is 0 Å². The van der Waals surface area contributed by atoms with E-state index in [-0.39, 0.29) is 5.91 Å². The summed E-state index contributed by atoms with van der Waals surface area (Å²) in [6.45, 7) is 3.62. The quantitative estimate of drug-likeness (QED) is 0.709. The molecule has 3 aromatic rings. The Hall–Kier alpha value is -2.62. The van der Waals surface area contributed by atoms with Gasteiger partial charge in [0.1, 0.15) is 5.65 Å². The van der Waals surface area contributed by atoms with Crippen LogP contribution in [0, 0.1) is 6.92 Å². The fourth-order valence-electron chi connectivity index (χ4n) is 3.79. The van der Waals surface area contributed by atoms with Crippen LogP contribution in [0.25, 0.3) is 5.65 Å². The highest BCUT2D eigenvalue weighted by Crippen LogP contribution is 2.28. The van der Waals surface area contributed by atoms with Crippen LogP contribution in [0.15, 0.2) is 54.9 Å². The normalized spacial score (nSPS) is 18.3. The number of aryl methyl sites for hydroxylation is 1. The number of carbonyl (C=O) groups is 1. The lowest BCUT2D eigenvalue weighted by atomic mass is 9.92. The van der Waals surface area contributed by atoms with Gasteiger partial charge in [0.05, 0.1) is 11.3 Å². The van der Waals surface area contributed by atoms with E-state index in [4.69, 9.17) is 0 Å². The monoisotopic (exact) mass is 333 g/mol. The first-order chi connectivity index (χ1) is 12.2. The number of pyridine rings is 1. The Morgan fingerprint density at radius 1 is 1.04 bits per heavy atom. The van der Waals surface area contributed by atoms with E-state index >= 15 is 0 Å². The summed E-state index contributed by atoms with van der Waals surface area (Å²) in [7, 11) is 0. The molecule has 1 saturated heterocycles. The Balaban J connectivity index is 1.50. The number of aromatic nitrogens is 2. The molecular formula is C21H23N3O. The van der Waals surface area contributed by atoms with E-state index in [0.29, 0.717) is 5.92 Å². The summed E-state index contributed by atoms with van der Waals surface area (Å²) in [5.41, 5.74) is 3.98. The highest BCUT2D eigenvalue weighted by molar-refractivity contribution is 5.94. The molecule has 0 unspecified atom stereocenters. The first-order valence-electron chi connectivity index (χ1n) is 9.00. The van der Waals surface area contributed by atoms with E-state index in [1.807, 2.05) is 40.8 Å². The summed E-state index contributed by atoms with van der Waals surface area (Å²) >= 11 is 0. The van der Waals surface area contributed by atoms with Crippen molar-refractivity contribution in [1.29, 1.82) is 0 Å². The number of fused-ring (bicyclic) bond motifs is 1. The van der Waals surface area contributed by atoms with Crippen molar-refractivity contribution < 1.29 is 4.79 Å². The molecule has 0 aliphatic carbocycles. The first-order valence-corrected chi connectivity index (χ1v) is 9.00. The molecule has 0 bridgehead atoms. The predicted octanol–water partition coefficient (Wildman–Crippen LogP) is 4.05. The molecule has 0 spiro atoms. The number of carbonyl (C=O) groups excluding carboxylic acids is 1. The van der Waals surface area contributed by atoms with Gasteiger partial charge < -0.3 is 9.30 Å². The van der Waals surface area contributed by atoms with Gasteiger partial charge in [0.25, 0.3) is 5.91 Å². The second-order valence-corrected chi connectivity index (χ2v) is 6.90. The molecule has 4 nitrogen and oxygen atoms in total. The van der Waals surface area contributed by atoms with Gasteiger partial charge in [-0.2, -0.15) is 0 Å². The zero-order chi connectivity index (χ0) is 17.2. The van der Waals surface area contributed by atoms with E-state index in [1.165, 1.54) is 5.56 Å². The zero-order valence-electron chi connectivity index (χ0n) is 14.6. The average molecular weight is 333 g/mol. The van der Waals surface area contributed by atoms with Gasteiger partial charge in [-0.1, -0.05) is 30.3 Å². The van der Waals surface area contributed by atoms with Crippen molar-refractivity contribution in [2.75, 3.05) is 13.1 Å². The number of rotatable bonds is 2. The third-order valence-electron chi connectivity index (χ3n) is 5.10. The smallest absolute Gasteiger partial charge is 0.255 e. The van der Waals surface area contributed by atoms with Crippen molar-refractivity contribution in [2.24, 2.45) is 0 Å².